The molecule has 0 bridgehead atoms. The maximum Gasteiger partial charge on any atom is 0.257 e. The molecule has 4 nitrogen and oxygen atoms in total. The first-order valence-electron chi connectivity index (χ1n) is 8.09. The van der Waals surface area contributed by atoms with Crippen LogP contribution in [-0.4, -0.2) is 29.5 Å². The number of carbonyl (C=O) groups excluding carboxylic acids is 1. The fourth-order valence-electron chi connectivity index (χ4n) is 3.46. The number of aromatic nitrogens is 1. The van der Waals surface area contributed by atoms with Crippen LogP contribution in [-0.2, 0) is 0 Å². The van der Waals surface area contributed by atoms with E-state index in [0.717, 1.165) is 16.9 Å². The maximum atomic E-state index is 13.5. The lowest BCUT2D eigenvalue weighted by atomic mass is 10.0. The molecular weight excluding hydrogens is 317 g/mol. The number of carbonyl (C=O) groups is 1. The molecule has 2 aromatic carbocycles. The topological polar surface area (TPSA) is 28.5 Å². The molecule has 25 heavy (non-hydrogen) atoms. The highest BCUT2D eigenvalue weighted by Gasteiger charge is 2.34. The standard InChI is InChI=1S/C20H18FN3O/c1-22-18-9-4-3-8-17(18)20(25)23(2)19(22)14-10-11-24(13-14)16-7-5-6-15(21)12-16/h3-13,19H,1-2H3/t19-/m1/s1. The van der Waals surface area contributed by atoms with Gasteiger partial charge in [0.1, 0.15) is 12.0 Å². The minimum atomic E-state index is -0.274. The average molecular weight is 335 g/mol. The summed E-state index contributed by atoms with van der Waals surface area (Å²) in [5, 5.41) is 0. The van der Waals surface area contributed by atoms with E-state index in [-0.39, 0.29) is 17.9 Å². The van der Waals surface area contributed by atoms with E-state index in [0.29, 0.717) is 5.56 Å². The summed E-state index contributed by atoms with van der Waals surface area (Å²) in [4.78, 5) is 16.5. The Kier molecular flexibility index (Phi) is 3.57. The normalized spacial score (nSPS) is 16.9. The number of rotatable bonds is 2. The summed E-state index contributed by atoms with van der Waals surface area (Å²) in [6.45, 7) is 0. The Bertz CT molecular complexity index is 949. The molecule has 0 spiro atoms. The zero-order valence-corrected chi connectivity index (χ0v) is 14.1. The van der Waals surface area contributed by atoms with Gasteiger partial charge in [-0.2, -0.15) is 0 Å². The summed E-state index contributed by atoms with van der Waals surface area (Å²) in [6.07, 6.45) is 3.61. The van der Waals surface area contributed by atoms with Gasteiger partial charge in [-0.05, 0) is 36.4 Å². The molecule has 126 valence electrons. The summed E-state index contributed by atoms with van der Waals surface area (Å²) in [5.41, 5.74) is 3.33. The zero-order chi connectivity index (χ0) is 17.6. The van der Waals surface area contributed by atoms with Gasteiger partial charge in [0.2, 0.25) is 0 Å². The van der Waals surface area contributed by atoms with E-state index in [9.17, 15) is 9.18 Å². The highest BCUT2D eigenvalue weighted by molar-refractivity contribution is 6.01. The Labute approximate surface area is 145 Å². The molecule has 1 aromatic heterocycles. The van der Waals surface area contributed by atoms with E-state index in [1.165, 1.54) is 12.1 Å². The van der Waals surface area contributed by atoms with Crippen LogP contribution >= 0.6 is 0 Å². The van der Waals surface area contributed by atoms with E-state index in [1.807, 2.05) is 60.4 Å². The number of halogens is 1. The number of hydrogen-bond donors (Lipinski definition) is 0. The van der Waals surface area contributed by atoms with Gasteiger partial charge in [-0.1, -0.05) is 18.2 Å². The second-order valence-corrected chi connectivity index (χ2v) is 6.25. The van der Waals surface area contributed by atoms with Gasteiger partial charge in [-0.3, -0.25) is 4.79 Å². The van der Waals surface area contributed by atoms with Gasteiger partial charge >= 0.3 is 0 Å². The molecule has 0 fully saturated rings. The van der Waals surface area contributed by atoms with Crippen LogP contribution in [0.5, 0.6) is 0 Å². The lowest BCUT2D eigenvalue weighted by molar-refractivity contribution is 0.0711. The van der Waals surface area contributed by atoms with Crippen LogP contribution in [0.15, 0.2) is 67.0 Å². The van der Waals surface area contributed by atoms with Crippen LogP contribution in [0.4, 0.5) is 10.1 Å². The fraction of sp³-hybridized carbons (Fsp3) is 0.150. The van der Waals surface area contributed by atoms with E-state index in [2.05, 4.69) is 4.90 Å². The van der Waals surface area contributed by atoms with Gasteiger partial charge in [-0.15, -0.1) is 0 Å². The minimum absolute atomic E-state index is 0.00259. The molecule has 1 amide bonds. The van der Waals surface area contributed by atoms with Gasteiger partial charge in [0.05, 0.1) is 11.3 Å². The van der Waals surface area contributed by atoms with E-state index in [1.54, 1.807) is 18.0 Å². The second kappa shape index (κ2) is 5.77. The van der Waals surface area contributed by atoms with Gasteiger partial charge in [0.25, 0.3) is 5.91 Å². The van der Waals surface area contributed by atoms with E-state index >= 15 is 0 Å². The summed E-state index contributed by atoms with van der Waals surface area (Å²) >= 11 is 0. The van der Waals surface area contributed by atoms with Gasteiger partial charge < -0.3 is 14.4 Å². The van der Waals surface area contributed by atoms with Crippen molar-refractivity contribution in [2.45, 2.75) is 6.17 Å². The first-order valence-corrected chi connectivity index (χ1v) is 8.09. The van der Waals surface area contributed by atoms with Crippen molar-refractivity contribution in [3.05, 3.63) is 83.9 Å². The van der Waals surface area contributed by atoms with Gasteiger partial charge in [0.15, 0.2) is 0 Å². The molecule has 0 saturated carbocycles. The number of amides is 1. The number of benzene rings is 2. The first kappa shape index (κ1) is 15.4. The van der Waals surface area contributed by atoms with Crippen LogP contribution < -0.4 is 4.90 Å². The zero-order valence-electron chi connectivity index (χ0n) is 14.1. The first-order chi connectivity index (χ1) is 12.1. The summed E-state index contributed by atoms with van der Waals surface area (Å²) in [7, 11) is 3.78. The van der Waals surface area contributed by atoms with Gasteiger partial charge in [0, 0.05) is 37.7 Å². The molecule has 1 atom stereocenters. The lowest BCUT2D eigenvalue weighted by Gasteiger charge is -2.41. The van der Waals surface area contributed by atoms with Crippen molar-refractivity contribution < 1.29 is 9.18 Å². The van der Waals surface area contributed by atoms with Crippen molar-refractivity contribution in [1.29, 1.82) is 0 Å². The SMILES string of the molecule is CN1C(=O)c2ccccc2N(C)[C@H]1c1ccn(-c2cccc(F)c2)c1. The van der Waals surface area contributed by atoms with Crippen LogP contribution in [0.1, 0.15) is 22.1 Å². The van der Waals surface area contributed by atoms with E-state index < -0.39 is 0 Å². The summed E-state index contributed by atoms with van der Waals surface area (Å²) in [5.74, 6) is -0.277. The van der Waals surface area contributed by atoms with Crippen molar-refractivity contribution in [3.8, 4) is 5.69 Å². The Balaban J connectivity index is 1.74. The Morgan fingerprint density at radius 1 is 0.960 bits per heavy atom. The second-order valence-electron chi connectivity index (χ2n) is 6.25. The average Bonchev–Trinajstić information content (AvgIpc) is 3.10. The molecule has 0 radical (unpaired) electrons. The Morgan fingerprint density at radius 2 is 1.76 bits per heavy atom. The molecule has 3 aromatic rings. The van der Waals surface area contributed by atoms with Crippen LogP contribution in [0.25, 0.3) is 5.69 Å². The number of nitrogens with zero attached hydrogens (tertiary/aromatic N) is 3. The number of hydrogen-bond acceptors (Lipinski definition) is 2. The number of fused-ring (bicyclic) bond motifs is 1. The predicted octanol–water partition coefficient (Wildman–Crippen LogP) is 3.84. The minimum Gasteiger partial charge on any atom is -0.350 e. The molecular formula is C20H18FN3O. The van der Waals surface area contributed by atoms with Crippen molar-refractivity contribution in [2.24, 2.45) is 0 Å². The van der Waals surface area contributed by atoms with Crippen molar-refractivity contribution in [2.75, 3.05) is 19.0 Å². The molecule has 1 aliphatic rings. The van der Waals surface area contributed by atoms with E-state index in [4.69, 9.17) is 0 Å². The molecule has 0 unspecified atom stereocenters. The lowest BCUT2D eigenvalue weighted by Crippen LogP contribution is -2.45. The molecule has 0 N–H and O–H groups in total. The molecule has 4 rings (SSSR count). The van der Waals surface area contributed by atoms with Crippen LogP contribution in [0, 0.1) is 5.82 Å². The van der Waals surface area contributed by atoms with Crippen molar-refractivity contribution in [3.63, 3.8) is 0 Å². The maximum absolute atomic E-state index is 13.5. The van der Waals surface area contributed by atoms with Crippen LogP contribution in [0.2, 0.25) is 0 Å². The number of anilines is 1. The summed E-state index contributed by atoms with van der Waals surface area (Å²) < 4.78 is 15.3. The smallest absolute Gasteiger partial charge is 0.257 e. The number of para-hydroxylation sites is 1. The molecule has 0 saturated heterocycles. The van der Waals surface area contributed by atoms with Crippen molar-refractivity contribution >= 4 is 11.6 Å². The molecule has 1 aliphatic heterocycles. The quantitative estimate of drug-likeness (QED) is 0.712. The fourth-order valence-corrected chi connectivity index (χ4v) is 3.46. The largest absolute Gasteiger partial charge is 0.350 e. The Hall–Kier alpha value is -3.08. The van der Waals surface area contributed by atoms with Crippen LogP contribution in [0.3, 0.4) is 0 Å². The molecule has 0 aliphatic carbocycles. The third-order valence-electron chi connectivity index (χ3n) is 4.69. The third kappa shape index (κ3) is 2.48. The molecule has 5 heteroatoms. The summed E-state index contributed by atoms with van der Waals surface area (Å²) in [6, 6.07) is 16.0. The van der Waals surface area contributed by atoms with Crippen molar-refractivity contribution in [1.82, 2.24) is 9.47 Å². The monoisotopic (exact) mass is 335 g/mol. The highest BCUT2D eigenvalue weighted by Crippen LogP contribution is 2.36. The van der Waals surface area contributed by atoms with Gasteiger partial charge in [-0.25, -0.2) is 4.39 Å². The molecule has 2 heterocycles. The third-order valence-corrected chi connectivity index (χ3v) is 4.69. The Morgan fingerprint density at radius 3 is 2.56 bits per heavy atom. The predicted molar refractivity (Wildman–Crippen MR) is 95.4 cm³/mol. The highest BCUT2D eigenvalue weighted by atomic mass is 19.1.